The fraction of sp³-hybridized carbons (Fsp3) is 0.625. The van der Waals surface area contributed by atoms with Gasteiger partial charge in [-0.1, -0.05) is 6.07 Å². The van der Waals surface area contributed by atoms with E-state index in [1.165, 1.54) is 12.8 Å². The highest BCUT2D eigenvalue weighted by Crippen LogP contribution is 2.34. The van der Waals surface area contributed by atoms with Crippen LogP contribution in [0.1, 0.15) is 43.7 Å². The van der Waals surface area contributed by atoms with Gasteiger partial charge in [-0.2, -0.15) is 0 Å². The van der Waals surface area contributed by atoms with Crippen LogP contribution in [0.2, 0.25) is 0 Å². The minimum absolute atomic E-state index is 0.0743. The fourth-order valence-electron chi connectivity index (χ4n) is 2.95. The third-order valence-electron chi connectivity index (χ3n) is 4.15. The molecule has 0 spiro atoms. The third-order valence-corrected chi connectivity index (χ3v) is 4.15. The van der Waals surface area contributed by atoms with E-state index in [0.29, 0.717) is 13.2 Å². The predicted octanol–water partition coefficient (Wildman–Crippen LogP) is 2.31. The van der Waals surface area contributed by atoms with Crippen molar-refractivity contribution in [1.82, 2.24) is 5.43 Å². The molecule has 2 heterocycles. The van der Waals surface area contributed by atoms with Gasteiger partial charge in [0, 0.05) is 19.1 Å². The molecule has 0 bridgehead atoms. The predicted molar refractivity (Wildman–Crippen MR) is 80.3 cm³/mol. The standard InChI is InChI=1S/C16H24N2O3/c17-18-14(11-13-4-1-2-7-19-13)12-5-6-15-16(10-12)21-9-3-8-20-15/h5-6,10,13-14,18H,1-4,7-9,11,17H2. The van der Waals surface area contributed by atoms with Gasteiger partial charge in [0.25, 0.3) is 0 Å². The maximum atomic E-state index is 5.81. The lowest BCUT2D eigenvalue weighted by Gasteiger charge is -2.27. The van der Waals surface area contributed by atoms with Crippen LogP contribution in [-0.4, -0.2) is 25.9 Å². The number of ether oxygens (including phenoxy) is 3. The first-order valence-corrected chi connectivity index (χ1v) is 7.84. The summed E-state index contributed by atoms with van der Waals surface area (Å²) in [6.07, 6.45) is 5.61. The molecule has 2 unspecified atom stereocenters. The molecule has 116 valence electrons. The van der Waals surface area contributed by atoms with Crippen LogP contribution >= 0.6 is 0 Å². The Kier molecular flexibility index (Phi) is 4.95. The summed E-state index contributed by atoms with van der Waals surface area (Å²) in [5.41, 5.74) is 4.03. The Balaban J connectivity index is 1.72. The van der Waals surface area contributed by atoms with E-state index in [1.807, 2.05) is 12.1 Å². The molecule has 3 rings (SSSR count). The quantitative estimate of drug-likeness (QED) is 0.658. The summed E-state index contributed by atoms with van der Waals surface area (Å²) >= 11 is 0. The summed E-state index contributed by atoms with van der Waals surface area (Å²) in [5, 5.41) is 0. The molecule has 0 radical (unpaired) electrons. The smallest absolute Gasteiger partial charge is 0.161 e. The molecular weight excluding hydrogens is 268 g/mol. The van der Waals surface area contributed by atoms with Gasteiger partial charge in [-0.15, -0.1) is 0 Å². The molecule has 0 aromatic heterocycles. The molecule has 0 amide bonds. The molecule has 0 saturated carbocycles. The van der Waals surface area contributed by atoms with Gasteiger partial charge in [-0.3, -0.25) is 11.3 Å². The highest BCUT2D eigenvalue weighted by atomic mass is 16.5. The minimum atomic E-state index is 0.0743. The number of fused-ring (bicyclic) bond motifs is 1. The first kappa shape index (κ1) is 14.6. The normalized spacial score (nSPS) is 23.4. The molecule has 0 aliphatic carbocycles. The molecule has 3 N–H and O–H groups in total. The first-order chi connectivity index (χ1) is 10.4. The number of nitrogens with one attached hydrogen (secondary N) is 1. The van der Waals surface area contributed by atoms with Crippen LogP contribution in [-0.2, 0) is 4.74 Å². The fourth-order valence-corrected chi connectivity index (χ4v) is 2.95. The molecule has 5 nitrogen and oxygen atoms in total. The highest BCUT2D eigenvalue weighted by molar-refractivity contribution is 5.44. The van der Waals surface area contributed by atoms with Crippen LogP contribution in [0.5, 0.6) is 11.5 Å². The van der Waals surface area contributed by atoms with Gasteiger partial charge in [-0.25, -0.2) is 0 Å². The summed E-state index contributed by atoms with van der Waals surface area (Å²) in [6, 6.07) is 6.14. The first-order valence-electron chi connectivity index (χ1n) is 7.84. The molecule has 1 saturated heterocycles. The number of benzene rings is 1. The maximum Gasteiger partial charge on any atom is 0.161 e. The van der Waals surface area contributed by atoms with Crippen LogP contribution in [0.15, 0.2) is 18.2 Å². The van der Waals surface area contributed by atoms with E-state index in [2.05, 4.69) is 11.5 Å². The van der Waals surface area contributed by atoms with E-state index in [1.54, 1.807) is 0 Å². The van der Waals surface area contributed by atoms with Gasteiger partial charge in [0.1, 0.15) is 0 Å². The highest BCUT2D eigenvalue weighted by Gasteiger charge is 2.21. The second-order valence-corrected chi connectivity index (χ2v) is 5.70. The SMILES string of the molecule is NNC(CC1CCCCO1)c1ccc2c(c1)OCCCO2. The zero-order valence-electron chi connectivity index (χ0n) is 12.3. The van der Waals surface area contributed by atoms with Gasteiger partial charge in [0.15, 0.2) is 11.5 Å². The maximum absolute atomic E-state index is 5.81. The Bertz CT molecular complexity index is 461. The van der Waals surface area contributed by atoms with Gasteiger partial charge in [0.05, 0.1) is 19.3 Å². The van der Waals surface area contributed by atoms with Gasteiger partial charge >= 0.3 is 0 Å². The Morgan fingerprint density at radius 2 is 1.95 bits per heavy atom. The van der Waals surface area contributed by atoms with Crippen LogP contribution in [0.3, 0.4) is 0 Å². The van der Waals surface area contributed by atoms with Crippen molar-refractivity contribution in [2.75, 3.05) is 19.8 Å². The second kappa shape index (κ2) is 7.11. The molecule has 1 aromatic rings. The zero-order chi connectivity index (χ0) is 14.5. The van der Waals surface area contributed by atoms with Crippen molar-refractivity contribution in [3.05, 3.63) is 23.8 Å². The summed E-state index contributed by atoms with van der Waals surface area (Å²) in [5.74, 6) is 7.39. The van der Waals surface area contributed by atoms with E-state index >= 15 is 0 Å². The van der Waals surface area contributed by atoms with Crippen LogP contribution in [0, 0.1) is 0 Å². The van der Waals surface area contributed by atoms with E-state index in [-0.39, 0.29) is 12.1 Å². The number of hydrogen-bond donors (Lipinski definition) is 2. The minimum Gasteiger partial charge on any atom is -0.490 e. The summed E-state index contributed by atoms with van der Waals surface area (Å²) in [6.45, 7) is 2.27. The van der Waals surface area contributed by atoms with Crippen LogP contribution in [0.25, 0.3) is 0 Å². The van der Waals surface area contributed by atoms with E-state index in [4.69, 9.17) is 20.1 Å². The van der Waals surface area contributed by atoms with Crippen LogP contribution in [0.4, 0.5) is 0 Å². The largest absolute Gasteiger partial charge is 0.490 e. The molecule has 5 heteroatoms. The third kappa shape index (κ3) is 3.67. The zero-order valence-corrected chi connectivity index (χ0v) is 12.3. The van der Waals surface area contributed by atoms with Crippen molar-refractivity contribution in [2.45, 2.75) is 44.2 Å². The second-order valence-electron chi connectivity index (χ2n) is 5.70. The summed E-state index contributed by atoms with van der Waals surface area (Å²) < 4.78 is 17.2. The number of nitrogens with two attached hydrogens (primary N) is 1. The molecule has 2 aliphatic rings. The van der Waals surface area contributed by atoms with Gasteiger partial charge < -0.3 is 14.2 Å². The average molecular weight is 292 g/mol. The van der Waals surface area contributed by atoms with E-state index < -0.39 is 0 Å². The Hall–Kier alpha value is -1.30. The van der Waals surface area contributed by atoms with Gasteiger partial charge in [-0.05, 0) is 43.4 Å². The lowest BCUT2D eigenvalue weighted by Crippen LogP contribution is -2.32. The monoisotopic (exact) mass is 292 g/mol. The number of hydrazine groups is 1. The Morgan fingerprint density at radius 1 is 1.10 bits per heavy atom. The van der Waals surface area contributed by atoms with E-state index in [0.717, 1.165) is 42.9 Å². The topological polar surface area (TPSA) is 65.7 Å². The van der Waals surface area contributed by atoms with Crippen molar-refractivity contribution in [2.24, 2.45) is 5.84 Å². The summed E-state index contributed by atoms with van der Waals surface area (Å²) in [7, 11) is 0. The van der Waals surface area contributed by atoms with E-state index in [9.17, 15) is 0 Å². The molecule has 21 heavy (non-hydrogen) atoms. The van der Waals surface area contributed by atoms with Gasteiger partial charge in [0.2, 0.25) is 0 Å². The van der Waals surface area contributed by atoms with Crippen molar-refractivity contribution in [3.8, 4) is 11.5 Å². The summed E-state index contributed by atoms with van der Waals surface area (Å²) in [4.78, 5) is 0. The Labute approximate surface area is 125 Å². The molecule has 1 fully saturated rings. The number of rotatable bonds is 4. The molecule has 2 aliphatic heterocycles. The molecule has 2 atom stereocenters. The van der Waals surface area contributed by atoms with Crippen molar-refractivity contribution < 1.29 is 14.2 Å². The molecular formula is C16H24N2O3. The van der Waals surface area contributed by atoms with Crippen molar-refractivity contribution in [1.29, 1.82) is 0 Å². The molecule has 1 aromatic carbocycles. The van der Waals surface area contributed by atoms with Crippen molar-refractivity contribution in [3.63, 3.8) is 0 Å². The number of hydrogen-bond acceptors (Lipinski definition) is 5. The lowest BCUT2D eigenvalue weighted by atomic mass is 9.97. The Morgan fingerprint density at radius 3 is 2.71 bits per heavy atom. The average Bonchev–Trinajstić information content (AvgIpc) is 2.78. The van der Waals surface area contributed by atoms with Crippen LogP contribution < -0.4 is 20.7 Å². The lowest BCUT2D eigenvalue weighted by molar-refractivity contribution is 0.00501. The van der Waals surface area contributed by atoms with Crippen molar-refractivity contribution >= 4 is 0 Å².